The quantitative estimate of drug-likeness (QED) is 0.810. The number of benzene rings is 1. The molecule has 1 saturated heterocycles. The van der Waals surface area contributed by atoms with Crippen molar-refractivity contribution in [2.75, 3.05) is 25.1 Å². The van der Waals surface area contributed by atoms with Crippen LogP contribution < -0.4 is 5.32 Å². The van der Waals surface area contributed by atoms with Crippen LogP contribution in [0.3, 0.4) is 0 Å². The lowest BCUT2D eigenvalue weighted by atomic mass is 9.89. The van der Waals surface area contributed by atoms with E-state index in [9.17, 15) is 4.79 Å². The number of hydrogen-bond donors (Lipinski definition) is 1. The third-order valence-electron chi connectivity index (χ3n) is 4.39. The van der Waals surface area contributed by atoms with Crippen molar-refractivity contribution in [3.05, 3.63) is 59.8 Å². The lowest BCUT2D eigenvalue weighted by molar-refractivity contribution is -0.0238. The molecule has 1 aliphatic heterocycles. The number of carbonyl (C=O) groups is 1. The maximum atomic E-state index is 11.7. The highest BCUT2D eigenvalue weighted by Gasteiger charge is 2.27. The normalized spacial score (nSPS) is 20.0. The minimum Gasteiger partial charge on any atom is -0.462 e. The molecule has 1 aromatic heterocycles. The van der Waals surface area contributed by atoms with Gasteiger partial charge < -0.3 is 14.8 Å². The van der Waals surface area contributed by atoms with Crippen LogP contribution in [0, 0.1) is 5.92 Å². The fourth-order valence-corrected chi connectivity index (χ4v) is 3.13. The van der Waals surface area contributed by atoms with Gasteiger partial charge in [-0.1, -0.05) is 30.3 Å². The van der Waals surface area contributed by atoms with Crippen LogP contribution in [0.15, 0.2) is 48.7 Å². The van der Waals surface area contributed by atoms with Gasteiger partial charge in [0.2, 0.25) is 0 Å². The highest BCUT2D eigenvalue weighted by Crippen LogP contribution is 2.33. The molecule has 25 heavy (non-hydrogen) atoms. The van der Waals surface area contributed by atoms with Crippen LogP contribution in [0.5, 0.6) is 0 Å². The second-order valence-corrected chi connectivity index (χ2v) is 6.14. The predicted octanol–water partition coefficient (Wildman–Crippen LogP) is 3.84. The van der Waals surface area contributed by atoms with Gasteiger partial charge in [-0.2, -0.15) is 0 Å². The van der Waals surface area contributed by atoms with Gasteiger partial charge in [-0.25, -0.2) is 9.78 Å². The number of nitrogens with one attached hydrogen (secondary N) is 1. The summed E-state index contributed by atoms with van der Waals surface area (Å²) in [4.78, 5) is 16.0. The van der Waals surface area contributed by atoms with Gasteiger partial charge in [-0.15, -0.1) is 0 Å². The lowest BCUT2D eigenvalue weighted by Gasteiger charge is -2.32. The number of rotatable bonds is 6. The van der Waals surface area contributed by atoms with Crippen molar-refractivity contribution >= 4 is 11.8 Å². The van der Waals surface area contributed by atoms with E-state index < -0.39 is 0 Å². The number of hydrogen-bond acceptors (Lipinski definition) is 5. The molecule has 0 spiro atoms. The van der Waals surface area contributed by atoms with Crippen molar-refractivity contribution < 1.29 is 14.3 Å². The summed E-state index contributed by atoms with van der Waals surface area (Å²) >= 11 is 0. The number of nitrogens with zero attached hydrogens (tertiary/aromatic N) is 1. The fourth-order valence-electron chi connectivity index (χ4n) is 3.13. The Morgan fingerprint density at radius 2 is 2.12 bits per heavy atom. The van der Waals surface area contributed by atoms with Crippen molar-refractivity contribution in [2.24, 2.45) is 5.92 Å². The highest BCUT2D eigenvalue weighted by atomic mass is 16.5. The Kier molecular flexibility index (Phi) is 6.01. The molecule has 2 heterocycles. The van der Waals surface area contributed by atoms with E-state index >= 15 is 0 Å². The molecular formula is C20H24N2O3. The number of ether oxygens (including phenoxy) is 2. The molecule has 0 saturated carbocycles. The third kappa shape index (κ3) is 4.57. The van der Waals surface area contributed by atoms with Crippen molar-refractivity contribution in [2.45, 2.75) is 25.9 Å². The predicted molar refractivity (Wildman–Crippen MR) is 96.5 cm³/mol. The first-order chi connectivity index (χ1) is 12.3. The topological polar surface area (TPSA) is 60.5 Å². The SMILES string of the molecule is CCOC(=O)c1ccc(NCC2CCCOC2c2ccccc2)nc1. The van der Waals surface area contributed by atoms with E-state index in [1.807, 2.05) is 24.3 Å². The van der Waals surface area contributed by atoms with Gasteiger partial charge in [0.15, 0.2) is 0 Å². The summed E-state index contributed by atoms with van der Waals surface area (Å²) in [5.74, 6) is 0.805. The molecule has 1 fully saturated rings. The van der Waals surface area contributed by atoms with Crippen LogP contribution in [-0.2, 0) is 9.47 Å². The Hall–Kier alpha value is -2.40. The van der Waals surface area contributed by atoms with E-state index in [-0.39, 0.29) is 12.1 Å². The van der Waals surface area contributed by atoms with Crippen LogP contribution in [0.4, 0.5) is 5.82 Å². The third-order valence-corrected chi connectivity index (χ3v) is 4.39. The van der Waals surface area contributed by atoms with Crippen LogP contribution in [0.25, 0.3) is 0 Å². The molecule has 5 nitrogen and oxygen atoms in total. The summed E-state index contributed by atoms with van der Waals surface area (Å²) in [7, 11) is 0. The molecule has 1 N–H and O–H groups in total. The first-order valence-electron chi connectivity index (χ1n) is 8.81. The number of aromatic nitrogens is 1. The van der Waals surface area contributed by atoms with Gasteiger partial charge >= 0.3 is 5.97 Å². The van der Waals surface area contributed by atoms with Crippen molar-refractivity contribution in [1.29, 1.82) is 0 Å². The van der Waals surface area contributed by atoms with Crippen molar-refractivity contribution in [1.82, 2.24) is 4.98 Å². The first-order valence-corrected chi connectivity index (χ1v) is 8.81. The van der Waals surface area contributed by atoms with E-state index in [0.29, 0.717) is 18.1 Å². The van der Waals surface area contributed by atoms with Crippen LogP contribution in [0.1, 0.15) is 41.8 Å². The molecule has 1 aliphatic rings. The summed E-state index contributed by atoms with van der Waals surface area (Å²) in [5, 5.41) is 3.37. The highest BCUT2D eigenvalue weighted by molar-refractivity contribution is 5.89. The van der Waals surface area contributed by atoms with Gasteiger partial charge in [0, 0.05) is 25.3 Å². The Morgan fingerprint density at radius 3 is 2.84 bits per heavy atom. The van der Waals surface area contributed by atoms with E-state index in [4.69, 9.17) is 9.47 Å². The molecule has 5 heteroatoms. The number of anilines is 1. The number of carbonyl (C=O) groups excluding carboxylic acids is 1. The average Bonchev–Trinajstić information content (AvgIpc) is 2.68. The molecule has 3 rings (SSSR count). The van der Waals surface area contributed by atoms with E-state index in [2.05, 4.69) is 22.4 Å². The number of esters is 1. The van der Waals surface area contributed by atoms with E-state index in [1.165, 1.54) is 5.56 Å². The second-order valence-electron chi connectivity index (χ2n) is 6.14. The maximum absolute atomic E-state index is 11.7. The zero-order chi connectivity index (χ0) is 17.5. The Bertz CT molecular complexity index is 673. The summed E-state index contributed by atoms with van der Waals surface area (Å²) < 4.78 is 11.0. The molecule has 0 aliphatic carbocycles. The van der Waals surface area contributed by atoms with Gasteiger partial charge in [0.25, 0.3) is 0 Å². The average molecular weight is 340 g/mol. The molecule has 132 valence electrons. The zero-order valence-corrected chi connectivity index (χ0v) is 14.5. The van der Waals surface area contributed by atoms with Gasteiger partial charge in [0.05, 0.1) is 18.3 Å². The van der Waals surface area contributed by atoms with Crippen molar-refractivity contribution in [3.8, 4) is 0 Å². The summed E-state index contributed by atoms with van der Waals surface area (Å²) in [6.45, 7) is 3.74. The summed E-state index contributed by atoms with van der Waals surface area (Å²) in [6, 6.07) is 13.9. The summed E-state index contributed by atoms with van der Waals surface area (Å²) in [6.07, 6.45) is 3.85. The standard InChI is InChI=1S/C20H24N2O3/c1-2-24-20(23)17-10-11-18(22-14-17)21-13-16-9-6-12-25-19(16)15-7-4-3-5-8-15/h3-5,7-8,10-11,14,16,19H,2,6,9,12-13H2,1H3,(H,21,22). The molecule has 0 radical (unpaired) electrons. The van der Waals surface area contributed by atoms with Gasteiger partial charge in [0.1, 0.15) is 5.82 Å². The van der Waals surface area contributed by atoms with E-state index in [1.54, 1.807) is 19.2 Å². The first kappa shape index (κ1) is 17.4. The molecular weight excluding hydrogens is 316 g/mol. The Balaban J connectivity index is 1.60. The molecule has 2 aromatic rings. The monoisotopic (exact) mass is 340 g/mol. The number of pyridine rings is 1. The molecule has 1 aromatic carbocycles. The molecule has 2 atom stereocenters. The second kappa shape index (κ2) is 8.62. The van der Waals surface area contributed by atoms with E-state index in [0.717, 1.165) is 31.8 Å². The smallest absolute Gasteiger partial charge is 0.339 e. The molecule has 2 unspecified atom stereocenters. The van der Waals surface area contributed by atoms with Crippen LogP contribution >= 0.6 is 0 Å². The van der Waals surface area contributed by atoms with Crippen LogP contribution in [0.2, 0.25) is 0 Å². The minimum atomic E-state index is -0.341. The van der Waals surface area contributed by atoms with Crippen LogP contribution in [-0.4, -0.2) is 30.7 Å². The summed E-state index contributed by atoms with van der Waals surface area (Å²) in [5.41, 5.74) is 1.69. The Labute approximate surface area is 148 Å². The maximum Gasteiger partial charge on any atom is 0.339 e. The fraction of sp³-hybridized carbons (Fsp3) is 0.400. The molecule has 0 bridgehead atoms. The molecule has 0 amide bonds. The Morgan fingerprint density at radius 1 is 1.28 bits per heavy atom. The largest absolute Gasteiger partial charge is 0.462 e. The zero-order valence-electron chi connectivity index (χ0n) is 14.5. The lowest BCUT2D eigenvalue weighted by Crippen LogP contribution is -2.28. The van der Waals surface area contributed by atoms with Gasteiger partial charge in [-0.05, 0) is 37.5 Å². The van der Waals surface area contributed by atoms with Crippen molar-refractivity contribution in [3.63, 3.8) is 0 Å². The van der Waals surface area contributed by atoms with Gasteiger partial charge in [-0.3, -0.25) is 0 Å². The minimum absolute atomic E-state index is 0.112.